The van der Waals surface area contributed by atoms with Gasteiger partial charge in [-0.3, -0.25) is 4.79 Å². The molecule has 4 heteroatoms. The smallest absolute Gasteiger partial charge is 0.227 e. The third-order valence-electron chi connectivity index (χ3n) is 3.82. The van der Waals surface area contributed by atoms with Gasteiger partial charge in [-0.1, -0.05) is 12.8 Å². The zero-order valence-electron chi connectivity index (χ0n) is 10.2. The van der Waals surface area contributed by atoms with Crippen LogP contribution in [0, 0.1) is 5.41 Å². The number of nitrogens with two attached hydrogens (primary N) is 1. The Bertz CT molecular complexity index is 369. The summed E-state index contributed by atoms with van der Waals surface area (Å²) in [6.07, 6.45) is 4.12. The van der Waals surface area contributed by atoms with Gasteiger partial charge >= 0.3 is 0 Å². The van der Waals surface area contributed by atoms with Gasteiger partial charge < -0.3 is 11.1 Å². The first-order chi connectivity index (χ1) is 8.18. The summed E-state index contributed by atoms with van der Waals surface area (Å²) >= 11 is 1.66. The Hall–Kier alpha value is -0.870. The van der Waals surface area contributed by atoms with Crippen LogP contribution in [0.4, 0.5) is 0 Å². The van der Waals surface area contributed by atoms with Gasteiger partial charge in [0.15, 0.2) is 0 Å². The van der Waals surface area contributed by atoms with Crippen LogP contribution < -0.4 is 11.1 Å². The predicted octanol–water partition coefficient (Wildman–Crippen LogP) is 2.44. The summed E-state index contributed by atoms with van der Waals surface area (Å²) in [5, 5.41) is 7.22. The van der Waals surface area contributed by atoms with Crippen molar-refractivity contribution in [2.24, 2.45) is 11.1 Å². The van der Waals surface area contributed by atoms with Gasteiger partial charge in [0.2, 0.25) is 5.91 Å². The summed E-state index contributed by atoms with van der Waals surface area (Å²) in [5.74, 6) is 0.135. The first-order valence-corrected chi connectivity index (χ1v) is 7.15. The molecular weight excluding hydrogens is 232 g/mol. The quantitative estimate of drug-likeness (QED) is 0.864. The molecule has 1 unspecified atom stereocenters. The molecule has 1 aromatic heterocycles. The standard InChI is InChI=1S/C13H20N2OS/c1-10(11-4-7-17-8-11)15-12(16)13(9-14)5-2-3-6-13/h4,7-8,10H,2-3,5-6,9,14H2,1H3,(H,15,16). The highest BCUT2D eigenvalue weighted by atomic mass is 32.1. The van der Waals surface area contributed by atoms with E-state index in [0.717, 1.165) is 25.7 Å². The molecule has 1 aliphatic rings. The van der Waals surface area contributed by atoms with Crippen LogP contribution in [0.3, 0.4) is 0 Å². The van der Waals surface area contributed by atoms with Gasteiger partial charge in [-0.05, 0) is 42.2 Å². The Labute approximate surface area is 106 Å². The number of nitrogens with one attached hydrogen (secondary N) is 1. The second-order valence-electron chi connectivity index (χ2n) is 4.94. The molecule has 0 radical (unpaired) electrons. The predicted molar refractivity (Wildman–Crippen MR) is 70.8 cm³/mol. The van der Waals surface area contributed by atoms with Crippen molar-refractivity contribution in [1.29, 1.82) is 0 Å². The highest BCUT2D eigenvalue weighted by molar-refractivity contribution is 7.07. The Morgan fingerprint density at radius 3 is 2.82 bits per heavy atom. The Morgan fingerprint density at radius 2 is 2.29 bits per heavy atom. The van der Waals surface area contributed by atoms with E-state index < -0.39 is 0 Å². The number of thiophene rings is 1. The summed E-state index contributed by atoms with van der Waals surface area (Å²) < 4.78 is 0. The molecule has 2 rings (SSSR count). The summed E-state index contributed by atoms with van der Waals surface area (Å²) in [6.45, 7) is 2.49. The summed E-state index contributed by atoms with van der Waals surface area (Å²) in [4.78, 5) is 12.3. The maximum Gasteiger partial charge on any atom is 0.227 e. The Balaban J connectivity index is 2.01. The van der Waals surface area contributed by atoms with E-state index in [1.165, 1.54) is 5.56 Å². The van der Waals surface area contributed by atoms with Gasteiger partial charge in [0.25, 0.3) is 0 Å². The van der Waals surface area contributed by atoms with E-state index in [1.807, 2.05) is 12.3 Å². The molecular formula is C13H20N2OS. The van der Waals surface area contributed by atoms with Gasteiger partial charge in [0.1, 0.15) is 0 Å². The average molecular weight is 252 g/mol. The number of carbonyl (C=O) groups excluding carboxylic acids is 1. The molecule has 1 saturated carbocycles. The summed E-state index contributed by atoms with van der Waals surface area (Å²) in [5.41, 5.74) is 6.68. The van der Waals surface area contributed by atoms with Gasteiger partial charge in [0, 0.05) is 6.54 Å². The maximum atomic E-state index is 12.3. The lowest BCUT2D eigenvalue weighted by Crippen LogP contribution is -2.44. The van der Waals surface area contributed by atoms with Crippen LogP contribution in [-0.2, 0) is 4.79 Å². The molecule has 94 valence electrons. The van der Waals surface area contributed by atoms with Crippen molar-refractivity contribution in [2.75, 3.05) is 6.54 Å². The topological polar surface area (TPSA) is 55.1 Å². The minimum Gasteiger partial charge on any atom is -0.349 e. The van der Waals surface area contributed by atoms with Crippen LogP contribution in [0.2, 0.25) is 0 Å². The monoisotopic (exact) mass is 252 g/mol. The molecule has 1 amide bonds. The average Bonchev–Trinajstić information content (AvgIpc) is 3.01. The molecule has 1 aliphatic carbocycles. The van der Waals surface area contributed by atoms with E-state index in [4.69, 9.17) is 5.73 Å². The molecule has 0 spiro atoms. The zero-order chi connectivity index (χ0) is 12.3. The third-order valence-corrected chi connectivity index (χ3v) is 4.53. The molecule has 0 aromatic carbocycles. The number of rotatable bonds is 4. The summed E-state index contributed by atoms with van der Waals surface area (Å²) in [7, 11) is 0. The summed E-state index contributed by atoms with van der Waals surface area (Å²) in [6, 6.07) is 2.14. The molecule has 1 atom stereocenters. The van der Waals surface area contributed by atoms with E-state index in [1.54, 1.807) is 11.3 Å². The van der Waals surface area contributed by atoms with Crippen molar-refractivity contribution in [2.45, 2.75) is 38.6 Å². The van der Waals surface area contributed by atoms with Crippen molar-refractivity contribution in [3.8, 4) is 0 Å². The second kappa shape index (κ2) is 5.19. The van der Waals surface area contributed by atoms with Crippen LogP contribution in [0.1, 0.15) is 44.2 Å². The lowest BCUT2D eigenvalue weighted by molar-refractivity contribution is -0.131. The first kappa shape index (κ1) is 12.6. The van der Waals surface area contributed by atoms with Crippen molar-refractivity contribution in [3.63, 3.8) is 0 Å². The fraction of sp³-hybridized carbons (Fsp3) is 0.615. The second-order valence-corrected chi connectivity index (χ2v) is 5.72. The number of carbonyl (C=O) groups is 1. The minimum absolute atomic E-state index is 0.0813. The van der Waals surface area contributed by atoms with Crippen LogP contribution in [0.15, 0.2) is 16.8 Å². The molecule has 3 N–H and O–H groups in total. The van der Waals surface area contributed by atoms with Crippen molar-refractivity contribution in [1.82, 2.24) is 5.32 Å². The van der Waals surface area contributed by atoms with Gasteiger partial charge in [-0.25, -0.2) is 0 Å². The van der Waals surface area contributed by atoms with Gasteiger partial charge in [-0.15, -0.1) is 0 Å². The lowest BCUT2D eigenvalue weighted by atomic mass is 9.85. The maximum absolute atomic E-state index is 12.3. The van der Waals surface area contributed by atoms with Crippen LogP contribution in [0.25, 0.3) is 0 Å². The number of hydrogen-bond acceptors (Lipinski definition) is 3. The SMILES string of the molecule is CC(NC(=O)C1(CN)CCCC1)c1ccsc1. The molecule has 1 aromatic rings. The lowest BCUT2D eigenvalue weighted by Gasteiger charge is -2.27. The van der Waals surface area contributed by atoms with Crippen LogP contribution in [-0.4, -0.2) is 12.5 Å². The van der Waals surface area contributed by atoms with Crippen molar-refractivity contribution in [3.05, 3.63) is 22.4 Å². The van der Waals surface area contributed by atoms with E-state index in [2.05, 4.69) is 16.8 Å². The minimum atomic E-state index is -0.301. The van der Waals surface area contributed by atoms with Crippen molar-refractivity contribution >= 4 is 17.2 Å². The van der Waals surface area contributed by atoms with E-state index in [-0.39, 0.29) is 17.4 Å². The van der Waals surface area contributed by atoms with Crippen LogP contribution in [0.5, 0.6) is 0 Å². The number of amides is 1. The fourth-order valence-electron chi connectivity index (χ4n) is 2.53. The molecule has 17 heavy (non-hydrogen) atoms. The normalized spacial score (nSPS) is 20.1. The fourth-order valence-corrected chi connectivity index (χ4v) is 3.28. The molecule has 3 nitrogen and oxygen atoms in total. The van der Waals surface area contributed by atoms with Crippen molar-refractivity contribution < 1.29 is 4.79 Å². The first-order valence-electron chi connectivity index (χ1n) is 6.21. The molecule has 0 saturated heterocycles. The third kappa shape index (κ3) is 2.53. The molecule has 0 bridgehead atoms. The highest BCUT2D eigenvalue weighted by Gasteiger charge is 2.40. The highest BCUT2D eigenvalue weighted by Crippen LogP contribution is 2.37. The molecule has 0 aliphatic heterocycles. The largest absolute Gasteiger partial charge is 0.349 e. The van der Waals surface area contributed by atoms with Crippen LogP contribution >= 0.6 is 11.3 Å². The van der Waals surface area contributed by atoms with Gasteiger partial charge in [-0.2, -0.15) is 11.3 Å². The zero-order valence-corrected chi connectivity index (χ0v) is 11.1. The van der Waals surface area contributed by atoms with E-state index in [9.17, 15) is 4.79 Å². The number of hydrogen-bond donors (Lipinski definition) is 2. The van der Waals surface area contributed by atoms with E-state index in [0.29, 0.717) is 6.54 Å². The molecule has 1 fully saturated rings. The van der Waals surface area contributed by atoms with E-state index >= 15 is 0 Å². The van der Waals surface area contributed by atoms with Gasteiger partial charge in [0.05, 0.1) is 11.5 Å². The molecule has 1 heterocycles. The Kier molecular flexibility index (Phi) is 3.84. The Morgan fingerprint density at radius 1 is 1.59 bits per heavy atom.